The number of aromatic nitrogens is 2. The van der Waals surface area contributed by atoms with Crippen molar-refractivity contribution in [3.63, 3.8) is 0 Å². The van der Waals surface area contributed by atoms with Crippen molar-refractivity contribution in [1.82, 2.24) is 9.71 Å². The molecule has 8 heteroatoms. The molecule has 0 aromatic carbocycles. The zero-order valence-electron chi connectivity index (χ0n) is 7.01. The van der Waals surface area contributed by atoms with Gasteiger partial charge in [-0.3, -0.25) is 9.78 Å². The standard InChI is InChI=1S/C6H9N3O5/c7-3(5(11)12)2-14-9-1-4(10)8-6(9)13/h1,3,10H,2,7H2,(H,8,13)(H,11,12)/t3-/m0/s1. The number of hydrogen-bond acceptors (Lipinski definition) is 5. The Balaban J connectivity index is 2.58. The van der Waals surface area contributed by atoms with Crippen molar-refractivity contribution in [2.24, 2.45) is 5.73 Å². The quantitative estimate of drug-likeness (QED) is 0.436. The minimum atomic E-state index is -1.24. The van der Waals surface area contributed by atoms with E-state index in [1.54, 1.807) is 0 Å². The number of rotatable bonds is 4. The summed E-state index contributed by atoms with van der Waals surface area (Å²) in [6.45, 7) is -0.369. The summed E-state index contributed by atoms with van der Waals surface area (Å²) in [4.78, 5) is 27.8. The first-order valence-corrected chi connectivity index (χ1v) is 3.63. The van der Waals surface area contributed by atoms with Crippen LogP contribution in [0.25, 0.3) is 0 Å². The zero-order valence-corrected chi connectivity index (χ0v) is 7.01. The van der Waals surface area contributed by atoms with Gasteiger partial charge in [-0.2, -0.15) is 0 Å². The predicted octanol–water partition coefficient (Wildman–Crippen LogP) is -2.28. The van der Waals surface area contributed by atoms with E-state index in [9.17, 15) is 9.59 Å². The number of carboxylic acid groups (broad SMARTS) is 1. The predicted molar refractivity (Wildman–Crippen MR) is 43.8 cm³/mol. The van der Waals surface area contributed by atoms with Gasteiger partial charge in [-0.1, -0.05) is 0 Å². The summed E-state index contributed by atoms with van der Waals surface area (Å²) in [6, 6.07) is -1.22. The first-order chi connectivity index (χ1) is 6.50. The van der Waals surface area contributed by atoms with Gasteiger partial charge in [0, 0.05) is 0 Å². The van der Waals surface area contributed by atoms with Gasteiger partial charge < -0.3 is 20.8 Å². The molecule has 0 radical (unpaired) electrons. The maximum atomic E-state index is 10.9. The monoisotopic (exact) mass is 203 g/mol. The molecule has 1 rings (SSSR count). The maximum Gasteiger partial charge on any atom is 0.361 e. The van der Waals surface area contributed by atoms with E-state index in [0.717, 1.165) is 6.20 Å². The number of nitrogens with zero attached hydrogens (tertiary/aromatic N) is 1. The number of carboxylic acids is 1. The molecular formula is C6H9N3O5. The van der Waals surface area contributed by atoms with E-state index >= 15 is 0 Å². The minimum Gasteiger partial charge on any atom is -0.493 e. The second-order valence-corrected chi connectivity index (χ2v) is 2.51. The third-order valence-electron chi connectivity index (χ3n) is 1.39. The van der Waals surface area contributed by atoms with Crippen molar-refractivity contribution in [3.8, 4) is 5.88 Å². The molecule has 5 N–H and O–H groups in total. The van der Waals surface area contributed by atoms with E-state index in [4.69, 9.17) is 15.9 Å². The molecule has 14 heavy (non-hydrogen) atoms. The number of aromatic amines is 1. The highest BCUT2D eigenvalue weighted by molar-refractivity contribution is 5.73. The van der Waals surface area contributed by atoms with E-state index < -0.39 is 17.7 Å². The van der Waals surface area contributed by atoms with Crippen LogP contribution < -0.4 is 16.3 Å². The summed E-state index contributed by atoms with van der Waals surface area (Å²) in [5.41, 5.74) is 4.40. The molecule has 1 heterocycles. The second kappa shape index (κ2) is 3.83. The van der Waals surface area contributed by atoms with Crippen molar-refractivity contribution in [2.45, 2.75) is 6.04 Å². The highest BCUT2D eigenvalue weighted by atomic mass is 16.7. The summed E-state index contributed by atoms with van der Waals surface area (Å²) in [5, 5.41) is 17.2. The summed E-state index contributed by atoms with van der Waals surface area (Å²) in [5.74, 6) is -1.61. The van der Waals surface area contributed by atoms with Gasteiger partial charge in [0.05, 0.1) is 0 Å². The van der Waals surface area contributed by atoms with E-state index in [0.29, 0.717) is 4.73 Å². The van der Waals surface area contributed by atoms with Crippen LogP contribution in [0.4, 0.5) is 0 Å². The number of hydrogen-bond donors (Lipinski definition) is 4. The molecule has 0 amide bonds. The second-order valence-electron chi connectivity index (χ2n) is 2.51. The van der Waals surface area contributed by atoms with E-state index in [-0.39, 0.29) is 12.5 Å². The zero-order chi connectivity index (χ0) is 10.7. The molecule has 0 aliphatic heterocycles. The fourth-order valence-electron chi connectivity index (χ4n) is 0.694. The summed E-state index contributed by atoms with van der Waals surface area (Å²) < 4.78 is 0.665. The van der Waals surface area contributed by atoms with Crippen molar-refractivity contribution >= 4 is 5.97 Å². The van der Waals surface area contributed by atoms with Gasteiger partial charge in [0.25, 0.3) is 0 Å². The SMILES string of the molecule is N[C@@H](COn1cc(O)[nH]c1=O)C(=O)O. The Morgan fingerprint density at radius 3 is 2.86 bits per heavy atom. The van der Waals surface area contributed by atoms with Crippen LogP contribution in [0.2, 0.25) is 0 Å². The lowest BCUT2D eigenvalue weighted by molar-refractivity contribution is -0.140. The Labute approximate surface area is 77.5 Å². The maximum absolute atomic E-state index is 10.9. The Morgan fingerprint density at radius 2 is 2.43 bits per heavy atom. The number of aromatic hydroxyl groups is 1. The molecule has 0 aliphatic rings. The lowest BCUT2D eigenvalue weighted by Gasteiger charge is -2.07. The van der Waals surface area contributed by atoms with Crippen molar-refractivity contribution < 1.29 is 19.8 Å². The van der Waals surface area contributed by atoms with Crippen LogP contribution in [-0.2, 0) is 4.79 Å². The molecule has 1 aromatic heterocycles. The molecule has 0 unspecified atom stereocenters. The molecular weight excluding hydrogens is 194 g/mol. The Kier molecular flexibility index (Phi) is 2.77. The van der Waals surface area contributed by atoms with E-state index in [1.807, 2.05) is 4.98 Å². The van der Waals surface area contributed by atoms with Crippen LogP contribution in [-0.4, -0.2) is 38.5 Å². The minimum absolute atomic E-state index is 0.369. The summed E-state index contributed by atoms with van der Waals surface area (Å²) in [6.07, 6.45) is 0.969. The van der Waals surface area contributed by atoms with Gasteiger partial charge in [-0.15, -0.1) is 4.73 Å². The van der Waals surface area contributed by atoms with E-state index in [2.05, 4.69) is 4.84 Å². The lowest BCUT2D eigenvalue weighted by Crippen LogP contribution is -2.40. The van der Waals surface area contributed by atoms with Gasteiger partial charge in [0.15, 0.2) is 0 Å². The number of nitrogens with two attached hydrogens (primary N) is 1. The molecule has 8 nitrogen and oxygen atoms in total. The number of carbonyl (C=O) groups is 1. The number of nitrogens with one attached hydrogen (secondary N) is 1. The smallest absolute Gasteiger partial charge is 0.361 e. The van der Waals surface area contributed by atoms with E-state index in [1.165, 1.54) is 0 Å². The average Bonchev–Trinajstić information content (AvgIpc) is 2.40. The molecule has 0 spiro atoms. The fraction of sp³-hybridized carbons (Fsp3) is 0.333. The Hall–Kier alpha value is -1.96. The Morgan fingerprint density at radius 1 is 1.79 bits per heavy atom. The fourth-order valence-corrected chi connectivity index (χ4v) is 0.694. The van der Waals surface area contributed by atoms with Gasteiger partial charge >= 0.3 is 11.7 Å². The van der Waals surface area contributed by atoms with Gasteiger partial charge in [-0.05, 0) is 0 Å². The molecule has 0 aliphatic carbocycles. The normalized spacial score (nSPS) is 12.4. The number of aliphatic carboxylic acids is 1. The van der Waals surface area contributed by atoms with Gasteiger partial charge in [-0.25, -0.2) is 4.79 Å². The van der Waals surface area contributed by atoms with Crippen LogP contribution in [0.5, 0.6) is 5.88 Å². The van der Waals surface area contributed by atoms with Crippen LogP contribution in [0.1, 0.15) is 0 Å². The molecule has 78 valence electrons. The van der Waals surface area contributed by atoms with Crippen LogP contribution >= 0.6 is 0 Å². The van der Waals surface area contributed by atoms with Crippen LogP contribution in [0.15, 0.2) is 11.0 Å². The topological polar surface area (TPSA) is 131 Å². The number of imidazole rings is 1. The first-order valence-electron chi connectivity index (χ1n) is 3.63. The lowest BCUT2D eigenvalue weighted by atomic mass is 10.3. The molecule has 0 bridgehead atoms. The van der Waals surface area contributed by atoms with Gasteiger partial charge in [0.2, 0.25) is 5.88 Å². The molecule has 1 atom stereocenters. The molecule has 0 saturated heterocycles. The summed E-state index contributed by atoms with van der Waals surface area (Å²) in [7, 11) is 0. The molecule has 0 saturated carbocycles. The summed E-state index contributed by atoms with van der Waals surface area (Å²) >= 11 is 0. The Bertz CT molecular complexity index is 381. The molecule has 1 aromatic rings. The first kappa shape index (κ1) is 10.1. The number of H-pyrrole nitrogens is 1. The largest absolute Gasteiger partial charge is 0.493 e. The van der Waals surface area contributed by atoms with Gasteiger partial charge in [0.1, 0.15) is 18.8 Å². The van der Waals surface area contributed by atoms with Crippen LogP contribution in [0, 0.1) is 0 Å². The third-order valence-corrected chi connectivity index (χ3v) is 1.39. The van der Waals surface area contributed by atoms with Crippen LogP contribution in [0.3, 0.4) is 0 Å². The average molecular weight is 203 g/mol. The molecule has 0 fully saturated rings. The van der Waals surface area contributed by atoms with Crippen molar-refractivity contribution in [3.05, 3.63) is 16.7 Å². The highest BCUT2D eigenvalue weighted by Gasteiger charge is 2.13. The van der Waals surface area contributed by atoms with Crippen molar-refractivity contribution in [2.75, 3.05) is 6.61 Å². The highest BCUT2D eigenvalue weighted by Crippen LogP contribution is 1.95. The third kappa shape index (κ3) is 2.26. The van der Waals surface area contributed by atoms with Crippen molar-refractivity contribution in [1.29, 1.82) is 0 Å².